The normalized spacial score (nSPS) is 19.5. The smallest absolute Gasteiger partial charge is 0.251 e. The van der Waals surface area contributed by atoms with Crippen molar-refractivity contribution in [3.63, 3.8) is 0 Å². The summed E-state index contributed by atoms with van der Waals surface area (Å²) < 4.78 is 5.69. The van der Waals surface area contributed by atoms with Crippen LogP contribution in [0.25, 0.3) is 0 Å². The lowest BCUT2D eigenvalue weighted by Crippen LogP contribution is -2.42. The molecule has 9 nitrogen and oxygen atoms in total. The van der Waals surface area contributed by atoms with Crippen LogP contribution in [0, 0.1) is 5.41 Å². The first-order valence-electron chi connectivity index (χ1n) is 13.3. The van der Waals surface area contributed by atoms with E-state index in [0.29, 0.717) is 41.6 Å². The summed E-state index contributed by atoms with van der Waals surface area (Å²) in [6, 6.07) is 9.84. The number of anilines is 1. The van der Waals surface area contributed by atoms with Gasteiger partial charge in [0.2, 0.25) is 0 Å². The first kappa shape index (κ1) is 26.2. The number of nitrogens with one attached hydrogen (secondary N) is 2. The maximum absolute atomic E-state index is 12.7. The summed E-state index contributed by atoms with van der Waals surface area (Å²) in [4.78, 5) is 23.0. The Morgan fingerprint density at radius 1 is 1.29 bits per heavy atom. The van der Waals surface area contributed by atoms with E-state index in [9.17, 15) is 15.0 Å². The second-order valence-corrected chi connectivity index (χ2v) is 10.9. The molecule has 1 aliphatic heterocycles. The van der Waals surface area contributed by atoms with E-state index in [4.69, 9.17) is 4.74 Å². The number of β-amino-alcohol motifs (C(OH)–C–C–N with tert-alkyl or cyclic N) is 1. The number of aliphatic imine (C=N–C) groups is 1. The van der Waals surface area contributed by atoms with Gasteiger partial charge in [-0.05, 0) is 86.6 Å². The first-order chi connectivity index (χ1) is 18.3. The van der Waals surface area contributed by atoms with E-state index >= 15 is 0 Å². The zero-order valence-corrected chi connectivity index (χ0v) is 21.9. The van der Waals surface area contributed by atoms with Gasteiger partial charge in [0.15, 0.2) is 5.76 Å². The third-order valence-corrected chi connectivity index (χ3v) is 7.96. The number of aliphatic hydroxyl groups is 2. The number of aliphatic hydroxyl groups excluding tert-OH is 2. The lowest BCUT2D eigenvalue weighted by molar-refractivity contribution is 0.0841. The number of hydrogen-bond donors (Lipinski definition) is 4. The van der Waals surface area contributed by atoms with E-state index in [1.165, 1.54) is 36.8 Å². The number of fused-ring (bicyclic) bond motifs is 1. The molecule has 9 heteroatoms. The molecule has 1 amide bonds. The summed E-state index contributed by atoms with van der Waals surface area (Å²) in [5, 5.41) is 26.8. The zero-order valence-electron chi connectivity index (χ0n) is 21.9. The number of nitrogens with zero attached hydrogens (tertiary/aromatic N) is 3. The highest BCUT2D eigenvalue weighted by Gasteiger charge is 2.52. The van der Waals surface area contributed by atoms with Gasteiger partial charge in [-0.2, -0.15) is 0 Å². The Hall–Kier alpha value is -3.43. The van der Waals surface area contributed by atoms with Crippen molar-refractivity contribution in [2.45, 2.75) is 57.7 Å². The molecule has 1 aromatic carbocycles. The molecular formula is C29H37N5O4. The molecule has 202 valence electrons. The second kappa shape index (κ2) is 11.1. The second-order valence-electron chi connectivity index (χ2n) is 10.9. The highest BCUT2D eigenvalue weighted by molar-refractivity contribution is 5.94. The minimum absolute atomic E-state index is 0.0478. The van der Waals surface area contributed by atoms with Gasteiger partial charge in [-0.1, -0.05) is 6.07 Å². The lowest BCUT2D eigenvalue weighted by atomic mass is 9.77. The predicted molar refractivity (Wildman–Crippen MR) is 147 cm³/mol. The number of ether oxygens (including phenoxy) is 1. The molecule has 38 heavy (non-hydrogen) atoms. The van der Waals surface area contributed by atoms with Crippen LogP contribution >= 0.6 is 0 Å². The number of hydrogen-bond acceptors (Lipinski definition) is 8. The van der Waals surface area contributed by atoms with Crippen molar-refractivity contribution in [1.82, 2.24) is 15.2 Å². The number of allylic oxidation sites excluding steroid dienone is 1. The minimum atomic E-state index is -0.677. The van der Waals surface area contributed by atoms with Crippen molar-refractivity contribution in [2.24, 2.45) is 10.4 Å². The Labute approximate surface area is 223 Å². The van der Waals surface area contributed by atoms with Crippen LogP contribution in [0.4, 0.5) is 5.82 Å². The van der Waals surface area contributed by atoms with E-state index in [1.807, 2.05) is 18.2 Å². The summed E-state index contributed by atoms with van der Waals surface area (Å²) >= 11 is 0. The van der Waals surface area contributed by atoms with Crippen LogP contribution in [-0.2, 0) is 13.0 Å². The molecule has 2 fully saturated rings. The number of carbonyl (C=O) groups excluding carboxylic acids is 1. The SMILES string of the molecule is C=NC(C)=C(O)COc1ccc2c(c1)CCN(C[C@@H](O)CNC(=O)c1ccnc(NC3CC4(CC4)C3)c1)C2. The van der Waals surface area contributed by atoms with E-state index in [0.717, 1.165) is 18.8 Å². The molecule has 2 saturated carbocycles. The van der Waals surface area contributed by atoms with Gasteiger partial charge in [-0.15, -0.1) is 0 Å². The van der Waals surface area contributed by atoms with Crippen LogP contribution < -0.4 is 15.4 Å². The molecule has 1 atom stereocenters. The Balaban J connectivity index is 1.06. The number of amides is 1. The predicted octanol–water partition coefficient (Wildman–Crippen LogP) is 3.45. The highest BCUT2D eigenvalue weighted by atomic mass is 16.5. The molecule has 1 aromatic heterocycles. The monoisotopic (exact) mass is 519 g/mol. The van der Waals surface area contributed by atoms with Crippen molar-refractivity contribution in [1.29, 1.82) is 0 Å². The van der Waals surface area contributed by atoms with Gasteiger partial charge in [0.05, 0.1) is 11.8 Å². The molecule has 3 aliphatic rings. The molecule has 1 spiro atoms. The molecule has 4 N–H and O–H groups in total. The van der Waals surface area contributed by atoms with Crippen LogP contribution in [0.15, 0.2) is 53.0 Å². The molecule has 2 heterocycles. The number of pyridine rings is 1. The van der Waals surface area contributed by atoms with Gasteiger partial charge in [-0.25, -0.2) is 4.98 Å². The topological polar surface area (TPSA) is 119 Å². The summed E-state index contributed by atoms with van der Waals surface area (Å²) in [6.45, 7) is 7.30. The third-order valence-electron chi connectivity index (χ3n) is 7.96. The maximum atomic E-state index is 12.7. The molecule has 5 rings (SSSR count). The van der Waals surface area contributed by atoms with E-state index < -0.39 is 6.10 Å². The van der Waals surface area contributed by atoms with Gasteiger partial charge in [0, 0.05) is 44.0 Å². The van der Waals surface area contributed by atoms with Crippen LogP contribution in [-0.4, -0.2) is 71.1 Å². The summed E-state index contributed by atoms with van der Waals surface area (Å²) in [7, 11) is 0. The highest BCUT2D eigenvalue weighted by Crippen LogP contribution is 2.61. The first-order valence-corrected chi connectivity index (χ1v) is 13.3. The van der Waals surface area contributed by atoms with Crippen molar-refractivity contribution in [3.05, 3.63) is 64.7 Å². The number of aromatic nitrogens is 1. The Kier molecular flexibility index (Phi) is 7.67. The van der Waals surface area contributed by atoms with Crippen molar-refractivity contribution in [3.8, 4) is 5.75 Å². The van der Waals surface area contributed by atoms with Crippen molar-refractivity contribution >= 4 is 18.4 Å². The largest absolute Gasteiger partial charge is 0.507 e. The van der Waals surface area contributed by atoms with Gasteiger partial charge in [0.1, 0.15) is 18.2 Å². The summed E-state index contributed by atoms with van der Waals surface area (Å²) in [6.07, 6.45) is 6.90. The van der Waals surface area contributed by atoms with Crippen LogP contribution in [0.1, 0.15) is 54.1 Å². The fourth-order valence-corrected chi connectivity index (χ4v) is 5.39. The minimum Gasteiger partial charge on any atom is -0.507 e. The number of benzene rings is 1. The molecule has 0 unspecified atom stereocenters. The maximum Gasteiger partial charge on any atom is 0.251 e. The summed E-state index contributed by atoms with van der Waals surface area (Å²) in [5.41, 5.74) is 3.98. The molecular weight excluding hydrogens is 482 g/mol. The van der Waals surface area contributed by atoms with Gasteiger partial charge in [0.25, 0.3) is 5.91 Å². The van der Waals surface area contributed by atoms with Gasteiger partial charge in [-0.3, -0.25) is 14.7 Å². The fourth-order valence-electron chi connectivity index (χ4n) is 5.39. The van der Waals surface area contributed by atoms with E-state index in [2.05, 4.69) is 32.2 Å². The lowest BCUT2D eigenvalue weighted by Gasteiger charge is -2.36. The molecule has 0 bridgehead atoms. The average Bonchev–Trinajstić information content (AvgIpc) is 3.71. The average molecular weight is 520 g/mol. The van der Waals surface area contributed by atoms with Crippen molar-refractivity contribution in [2.75, 3.05) is 31.6 Å². The summed E-state index contributed by atoms with van der Waals surface area (Å²) in [5.74, 6) is 1.28. The Morgan fingerprint density at radius 3 is 2.87 bits per heavy atom. The van der Waals surface area contributed by atoms with Crippen LogP contribution in [0.3, 0.4) is 0 Å². The van der Waals surface area contributed by atoms with Gasteiger partial charge < -0.3 is 25.6 Å². The molecule has 0 saturated heterocycles. The zero-order chi connectivity index (χ0) is 26.7. The Bertz CT molecular complexity index is 1220. The molecule has 2 aromatic rings. The van der Waals surface area contributed by atoms with E-state index in [1.54, 1.807) is 25.3 Å². The van der Waals surface area contributed by atoms with E-state index in [-0.39, 0.29) is 24.8 Å². The Morgan fingerprint density at radius 2 is 2.11 bits per heavy atom. The van der Waals surface area contributed by atoms with Crippen molar-refractivity contribution < 1.29 is 19.7 Å². The number of carbonyl (C=O) groups is 1. The van der Waals surface area contributed by atoms with Gasteiger partial charge >= 0.3 is 0 Å². The number of rotatable bonds is 11. The van der Waals surface area contributed by atoms with Crippen LogP contribution in [0.2, 0.25) is 0 Å². The van der Waals surface area contributed by atoms with Crippen LogP contribution in [0.5, 0.6) is 5.75 Å². The molecule has 2 aliphatic carbocycles. The third kappa shape index (κ3) is 6.34. The quantitative estimate of drug-likeness (QED) is 0.265. The standard InChI is InChI=1S/C29H37N5O4/c1-19(30-2)26(36)18-38-25-4-3-22-16-34(10-6-20(22)11-25)17-24(35)15-32-28(37)21-5-9-31-27(12-21)33-23-13-29(14-23)7-8-29/h3-5,9,11-12,23-24,35-36H,2,6-8,10,13-18H2,1H3,(H,31,33)(H,32,37)/t24-/m0/s1. The fraction of sp³-hybridized carbons (Fsp3) is 0.483. The molecule has 0 radical (unpaired) electrons.